The van der Waals surface area contributed by atoms with Crippen LogP contribution in [0.25, 0.3) is 0 Å². The fourth-order valence-corrected chi connectivity index (χ4v) is 2.92. The quantitative estimate of drug-likeness (QED) is 0.581. The summed E-state index contributed by atoms with van der Waals surface area (Å²) in [5.74, 6) is 0.937. The molecule has 0 bridgehead atoms. The lowest BCUT2D eigenvalue weighted by Gasteiger charge is -2.29. The van der Waals surface area contributed by atoms with Gasteiger partial charge >= 0.3 is 0 Å². The van der Waals surface area contributed by atoms with Crippen LogP contribution >= 0.6 is 12.2 Å². The maximum Gasteiger partial charge on any atom is 0.287 e. The van der Waals surface area contributed by atoms with Crippen LogP contribution in [0.1, 0.15) is 61.6 Å². The highest BCUT2D eigenvalue weighted by molar-refractivity contribution is 7.80. The first-order valence-electron chi connectivity index (χ1n) is 7.66. The first kappa shape index (κ1) is 17.5. The van der Waals surface area contributed by atoms with Gasteiger partial charge in [0.2, 0.25) is 0 Å². The predicted octanol–water partition coefficient (Wildman–Crippen LogP) is 2.24. The van der Waals surface area contributed by atoms with Crippen molar-refractivity contribution in [2.45, 2.75) is 53.5 Å². The molecule has 6 nitrogen and oxygen atoms in total. The number of fused-ring (bicyclic) bond motifs is 1. The summed E-state index contributed by atoms with van der Waals surface area (Å²) in [6, 6.07) is 0.0462. The normalized spacial score (nSPS) is 17.9. The average molecular weight is 336 g/mol. The molecule has 2 rings (SSSR count). The Labute approximate surface area is 141 Å². The Balaban J connectivity index is 2.47. The van der Waals surface area contributed by atoms with Crippen molar-refractivity contribution in [3.8, 4) is 0 Å². The zero-order chi connectivity index (χ0) is 17.4. The van der Waals surface area contributed by atoms with Gasteiger partial charge in [0.1, 0.15) is 5.76 Å². The molecule has 126 valence electrons. The van der Waals surface area contributed by atoms with Crippen molar-refractivity contribution >= 4 is 28.9 Å². The molecular formula is C16H24N4O2S. The van der Waals surface area contributed by atoms with Gasteiger partial charge in [-0.15, -0.1) is 0 Å². The molecule has 0 aliphatic heterocycles. The van der Waals surface area contributed by atoms with Crippen LogP contribution in [0.2, 0.25) is 0 Å². The van der Waals surface area contributed by atoms with E-state index < -0.39 is 0 Å². The van der Waals surface area contributed by atoms with E-state index in [-0.39, 0.29) is 22.5 Å². The molecule has 1 heterocycles. The summed E-state index contributed by atoms with van der Waals surface area (Å²) in [6.45, 7) is 9.98. The summed E-state index contributed by atoms with van der Waals surface area (Å²) in [4.78, 5) is 12.3. The van der Waals surface area contributed by atoms with E-state index in [1.165, 1.54) is 0 Å². The third kappa shape index (κ3) is 3.90. The average Bonchev–Trinajstić information content (AvgIpc) is 2.70. The zero-order valence-corrected chi connectivity index (χ0v) is 15.1. The van der Waals surface area contributed by atoms with Gasteiger partial charge in [0, 0.05) is 23.6 Å². The standard InChI is InChI=1S/C16H24N4O2S/c1-8(2)18-14(21)13-9(3)12-10(19-20-15(17)23)6-16(4,5)7-11(12)22-13/h8H,6-7H2,1-5H3,(H,18,21)(H3,17,20,23)/b19-10-. The van der Waals surface area contributed by atoms with E-state index in [9.17, 15) is 4.79 Å². The van der Waals surface area contributed by atoms with E-state index in [4.69, 9.17) is 22.4 Å². The van der Waals surface area contributed by atoms with Crippen molar-refractivity contribution in [2.75, 3.05) is 0 Å². The first-order chi connectivity index (χ1) is 10.6. The second-order valence-electron chi connectivity index (χ2n) is 7.03. The molecule has 0 radical (unpaired) electrons. The molecule has 0 saturated heterocycles. The van der Waals surface area contributed by atoms with Gasteiger partial charge in [-0.3, -0.25) is 10.2 Å². The van der Waals surface area contributed by atoms with Crippen molar-refractivity contribution in [1.29, 1.82) is 0 Å². The molecule has 1 aliphatic rings. The van der Waals surface area contributed by atoms with Crippen molar-refractivity contribution in [3.63, 3.8) is 0 Å². The fourth-order valence-electron chi connectivity index (χ4n) is 2.88. The molecular weight excluding hydrogens is 312 g/mol. The molecule has 1 aromatic rings. The smallest absolute Gasteiger partial charge is 0.287 e. The number of carbonyl (C=O) groups excluding carboxylic acids is 1. The maximum absolute atomic E-state index is 12.3. The van der Waals surface area contributed by atoms with Crippen LogP contribution in [-0.2, 0) is 6.42 Å². The number of nitrogens with zero attached hydrogens (tertiary/aromatic N) is 1. The third-order valence-electron chi connectivity index (χ3n) is 3.72. The lowest BCUT2D eigenvalue weighted by molar-refractivity contribution is 0.0911. The molecule has 1 amide bonds. The van der Waals surface area contributed by atoms with Gasteiger partial charge in [-0.1, -0.05) is 13.8 Å². The lowest BCUT2D eigenvalue weighted by Crippen LogP contribution is -2.31. The number of hydrogen-bond donors (Lipinski definition) is 3. The van der Waals surface area contributed by atoms with Gasteiger partial charge in [-0.05, 0) is 44.8 Å². The van der Waals surface area contributed by atoms with E-state index >= 15 is 0 Å². The lowest BCUT2D eigenvalue weighted by atomic mass is 9.75. The minimum atomic E-state index is -0.202. The van der Waals surface area contributed by atoms with Gasteiger partial charge in [-0.2, -0.15) is 5.10 Å². The van der Waals surface area contributed by atoms with Crippen molar-refractivity contribution in [1.82, 2.24) is 10.7 Å². The summed E-state index contributed by atoms with van der Waals surface area (Å²) >= 11 is 4.82. The largest absolute Gasteiger partial charge is 0.455 e. The molecule has 1 aromatic heterocycles. The van der Waals surface area contributed by atoms with Crippen LogP contribution in [0.4, 0.5) is 0 Å². The Bertz CT molecular complexity index is 674. The van der Waals surface area contributed by atoms with Gasteiger partial charge in [0.15, 0.2) is 10.9 Å². The highest BCUT2D eigenvalue weighted by Crippen LogP contribution is 2.38. The number of nitrogens with one attached hydrogen (secondary N) is 2. The molecule has 0 aromatic carbocycles. The van der Waals surface area contributed by atoms with Gasteiger partial charge < -0.3 is 15.5 Å². The first-order valence-corrected chi connectivity index (χ1v) is 8.07. The summed E-state index contributed by atoms with van der Waals surface area (Å²) in [6.07, 6.45) is 1.51. The number of rotatable bonds is 3. The van der Waals surface area contributed by atoms with E-state index in [0.717, 1.165) is 35.4 Å². The number of hydrogen-bond acceptors (Lipinski definition) is 4. The van der Waals surface area contributed by atoms with Gasteiger partial charge in [-0.25, -0.2) is 0 Å². The predicted molar refractivity (Wildman–Crippen MR) is 94.6 cm³/mol. The number of carbonyl (C=O) groups is 1. The van der Waals surface area contributed by atoms with Crippen molar-refractivity contribution in [3.05, 3.63) is 22.6 Å². The highest BCUT2D eigenvalue weighted by atomic mass is 32.1. The Hall–Kier alpha value is -1.89. The summed E-state index contributed by atoms with van der Waals surface area (Å²) in [5.41, 5.74) is 10.6. The second-order valence-corrected chi connectivity index (χ2v) is 7.47. The number of hydrazone groups is 1. The molecule has 23 heavy (non-hydrogen) atoms. The molecule has 1 aliphatic carbocycles. The minimum Gasteiger partial charge on any atom is -0.455 e. The maximum atomic E-state index is 12.3. The van der Waals surface area contributed by atoms with Crippen LogP contribution in [-0.4, -0.2) is 22.8 Å². The molecule has 0 spiro atoms. The molecule has 0 atom stereocenters. The zero-order valence-electron chi connectivity index (χ0n) is 14.2. The summed E-state index contributed by atoms with van der Waals surface area (Å²) in [7, 11) is 0. The minimum absolute atomic E-state index is 0.0141. The van der Waals surface area contributed by atoms with Crippen LogP contribution in [0.5, 0.6) is 0 Å². The Morgan fingerprint density at radius 2 is 2.04 bits per heavy atom. The Morgan fingerprint density at radius 3 is 2.61 bits per heavy atom. The Morgan fingerprint density at radius 1 is 1.39 bits per heavy atom. The number of furan rings is 1. The van der Waals surface area contributed by atoms with Gasteiger partial charge in [0.05, 0.1) is 5.71 Å². The van der Waals surface area contributed by atoms with Crippen LogP contribution in [0, 0.1) is 12.3 Å². The Kier molecular flexibility index (Phi) is 4.79. The topological polar surface area (TPSA) is 92.6 Å². The molecule has 4 N–H and O–H groups in total. The summed E-state index contributed by atoms with van der Waals surface area (Å²) in [5, 5.41) is 7.30. The molecule has 7 heteroatoms. The van der Waals surface area contributed by atoms with Crippen molar-refractivity contribution in [2.24, 2.45) is 16.3 Å². The number of amides is 1. The fraction of sp³-hybridized carbons (Fsp3) is 0.562. The van der Waals surface area contributed by atoms with Gasteiger partial charge in [0.25, 0.3) is 5.91 Å². The van der Waals surface area contributed by atoms with E-state index in [1.807, 2.05) is 20.8 Å². The SMILES string of the molecule is Cc1c(C(=O)NC(C)C)oc2c1/C(=N\NC(N)=S)CC(C)(C)C2. The number of nitrogens with two attached hydrogens (primary N) is 1. The van der Waals surface area contributed by atoms with E-state index in [1.54, 1.807) is 0 Å². The monoisotopic (exact) mass is 336 g/mol. The van der Waals surface area contributed by atoms with Crippen LogP contribution in [0.15, 0.2) is 9.52 Å². The molecule has 0 fully saturated rings. The third-order valence-corrected chi connectivity index (χ3v) is 3.81. The van der Waals surface area contributed by atoms with Crippen LogP contribution in [0.3, 0.4) is 0 Å². The highest BCUT2D eigenvalue weighted by Gasteiger charge is 2.36. The van der Waals surface area contributed by atoms with E-state index in [2.05, 4.69) is 29.7 Å². The second kappa shape index (κ2) is 6.31. The van der Waals surface area contributed by atoms with Crippen molar-refractivity contribution < 1.29 is 9.21 Å². The van der Waals surface area contributed by atoms with Crippen LogP contribution < -0.4 is 16.5 Å². The molecule has 0 saturated carbocycles. The number of thiocarbonyl (C=S) groups is 1. The summed E-state index contributed by atoms with van der Waals surface area (Å²) < 4.78 is 5.89. The molecule has 0 unspecified atom stereocenters. The van der Waals surface area contributed by atoms with E-state index in [0.29, 0.717) is 5.76 Å².